The van der Waals surface area contributed by atoms with E-state index < -0.39 is 19.9 Å². The maximum atomic E-state index is 11.1. The molecule has 0 fully saturated rings. The van der Waals surface area contributed by atoms with E-state index in [4.69, 9.17) is 20.5 Å². The number of rotatable bonds is 3. The topological polar surface area (TPSA) is 80.7 Å². The highest BCUT2D eigenvalue weighted by atomic mass is 35.7. The molecule has 82 valence electrons. The van der Waals surface area contributed by atoms with E-state index in [-0.39, 0.29) is 11.3 Å². The van der Waals surface area contributed by atoms with Crippen molar-refractivity contribution in [3.05, 3.63) is 23.8 Å². The van der Waals surface area contributed by atoms with Crippen LogP contribution in [0, 0.1) is 0 Å². The first-order chi connectivity index (χ1) is 6.86. The molecular weight excluding hydrogens is 244 g/mol. The summed E-state index contributed by atoms with van der Waals surface area (Å²) < 4.78 is 26.9. The SMILES string of the molecule is COc1ccc(C(=O)O)c(S(=O)(=O)Cl)c1. The molecule has 5 nitrogen and oxygen atoms in total. The zero-order valence-corrected chi connectivity index (χ0v) is 9.17. The Bertz CT molecular complexity index is 494. The monoisotopic (exact) mass is 250 g/mol. The van der Waals surface area contributed by atoms with Gasteiger partial charge >= 0.3 is 5.97 Å². The molecule has 0 amide bonds. The van der Waals surface area contributed by atoms with Gasteiger partial charge in [-0.05, 0) is 12.1 Å². The molecule has 0 radical (unpaired) electrons. The van der Waals surface area contributed by atoms with Crippen molar-refractivity contribution in [2.24, 2.45) is 0 Å². The highest BCUT2D eigenvalue weighted by Crippen LogP contribution is 2.25. The molecular formula is C8H7ClO5S. The maximum Gasteiger partial charge on any atom is 0.337 e. The molecule has 0 bridgehead atoms. The molecule has 0 saturated carbocycles. The van der Waals surface area contributed by atoms with E-state index in [1.54, 1.807) is 0 Å². The van der Waals surface area contributed by atoms with Crippen LogP contribution in [0.1, 0.15) is 10.4 Å². The molecule has 15 heavy (non-hydrogen) atoms. The van der Waals surface area contributed by atoms with Crippen LogP contribution in [0.5, 0.6) is 5.75 Å². The fourth-order valence-electron chi connectivity index (χ4n) is 1.01. The van der Waals surface area contributed by atoms with E-state index in [0.29, 0.717) is 0 Å². The van der Waals surface area contributed by atoms with Crippen molar-refractivity contribution in [2.75, 3.05) is 7.11 Å². The van der Waals surface area contributed by atoms with E-state index in [2.05, 4.69) is 0 Å². The maximum absolute atomic E-state index is 11.1. The molecule has 1 rings (SSSR count). The molecule has 1 aromatic carbocycles. The molecule has 0 unspecified atom stereocenters. The Labute approximate surface area is 90.7 Å². The number of hydrogen-bond donors (Lipinski definition) is 1. The standard InChI is InChI=1S/C8H7ClO5S/c1-14-5-2-3-6(8(10)11)7(4-5)15(9,12)13/h2-4H,1H3,(H,10,11). The van der Waals surface area contributed by atoms with Crippen molar-refractivity contribution in [2.45, 2.75) is 4.90 Å². The fraction of sp³-hybridized carbons (Fsp3) is 0.125. The molecule has 1 N–H and O–H groups in total. The summed E-state index contributed by atoms with van der Waals surface area (Å²) in [7, 11) is 2.32. The van der Waals surface area contributed by atoms with Crippen LogP contribution >= 0.6 is 10.7 Å². The van der Waals surface area contributed by atoms with Gasteiger partial charge in [0.25, 0.3) is 9.05 Å². The van der Waals surface area contributed by atoms with Crippen LogP contribution in [0.4, 0.5) is 0 Å². The molecule has 0 spiro atoms. The minimum absolute atomic E-state index is 0.222. The minimum atomic E-state index is -4.10. The van der Waals surface area contributed by atoms with Gasteiger partial charge in [0, 0.05) is 16.7 Å². The van der Waals surface area contributed by atoms with Crippen LogP contribution in [0.25, 0.3) is 0 Å². The van der Waals surface area contributed by atoms with E-state index in [1.807, 2.05) is 0 Å². The minimum Gasteiger partial charge on any atom is -0.497 e. The first-order valence-corrected chi connectivity index (χ1v) is 6.03. The molecule has 0 aliphatic carbocycles. The average molecular weight is 251 g/mol. The lowest BCUT2D eigenvalue weighted by molar-refractivity contribution is 0.0692. The van der Waals surface area contributed by atoms with Gasteiger partial charge in [-0.2, -0.15) is 0 Å². The van der Waals surface area contributed by atoms with E-state index in [0.717, 1.165) is 12.1 Å². The summed E-state index contributed by atoms with van der Waals surface area (Å²) in [6.07, 6.45) is 0. The highest BCUT2D eigenvalue weighted by Gasteiger charge is 2.20. The van der Waals surface area contributed by atoms with Gasteiger partial charge in [0.15, 0.2) is 0 Å². The summed E-state index contributed by atoms with van der Waals surface area (Å²) >= 11 is 0. The second kappa shape index (κ2) is 4.08. The van der Waals surface area contributed by atoms with Crippen molar-refractivity contribution in [1.29, 1.82) is 0 Å². The third-order valence-electron chi connectivity index (χ3n) is 1.68. The normalized spacial score (nSPS) is 11.1. The van der Waals surface area contributed by atoms with E-state index >= 15 is 0 Å². The number of halogens is 1. The summed E-state index contributed by atoms with van der Waals surface area (Å²) in [5.74, 6) is -1.14. The van der Waals surface area contributed by atoms with Gasteiger partial charge in [0.1, 0.15) is 10.6 Å². The van der Waals surface area contributed by atoms with Crippen LogP contribution in [0.2, 0.25) is 0 Å². The molecule has 7 heteroatoms. The zero-order chi connectivity index (χ0) is 11.6. The number of hydrogen-bond acceptors (Lipinski definition) is 4. The Morgan fingerprint density at radius 3 is 2.47 bits per heavy atom. The molecule has 1 aromatic rings. The zero-order valence-electron chi connectivity index (χ0n) is 7.60. The van der Waals surface area contributed by atoms with Gasteiger partial charge in [0.05, 0.1) is 12.7 Å². The lowest BCUT2D eigenvalue weighted by Crippen LogP contribution is -2.05. The smallest absolute Gasteiger partial charge is 0.337 e. The first-order valence-electron chi connectivity index (χ1n) is 3.72. The third kappa shape index (κ3) is 2.60. The predicted octanol–water partition coefficient (Wildman–Crippen LogP) is 1.32. The highest BCUT2D eigenvalue weighted by molar-refractivity contribution is 8.13. The van der Waals surface area contributed by atoms with Gasteiger partial charge in [0.2, 0.25) is 0 Å². The van der Waals surface area contributed by atoms with Gasteiger partial charge in [-0.25, -0.2) is 13.2 Å². The van der Waals surface area contributed by atoms with Crippen LogP contribution < -0.4 is 4.74 Å². The summed E-state index contributed by atoms with van der Waals surface area (Å²) in [5.41, 5.74) is -0.384. The Hall–Kier alpha value is -1.27. The number of methoxy groups -OCH3 is 1. The van der Waals surface area contributed by atoms with Crippen molar-refractivity contribution in [1.82, 2.24) is 0 Å². The van der Waals surface area contributed by atoms with Crippen molar-refractivity contribution >= 4 is 25.7 Å². The van der Waals surface area contributed by atoms with Gasteiger partial charge in [-0.3, -0.25) is 0 Å². The van der Waals surface area contributed by atoms with Crippen LogP contribution in [-0.4, -0.2) is 26.6 Å². The summed E-state index contributed by atoms with van der Waals surface area (Å²) in [4.78, 5) is 10.2. The number of carbonyl (C=O) groups is 1. The molecule has 0 aromatic heterocycles. The van der Waals surface area contributed by atoms with E-state index in [1.165, 1.54) is 13.2 Å². The van der Waals surface area contributed by atoms with Gasteiger partial charge in [-0.1, -0.05) is 0 Å². The van der Waals surface area contributed by atoms with Crippen molar-refractivity contribution in [3.63, 3.8) is 0 Å². The van der Waals surface area contributed by atoms with Gasteiger partial charge < -0.3 is 9.84 Å². The van der Waals surface area contributed by atoms with Crippen molar-refractivity contribution < 1.29 is 23.1 Å². The largest absolute Gasteiger partial charge is 0.497 e. The number of carboxylic acids is 1. The Kier molecular flexibility index (Phi) is 3.21. The third-order valence-corrected chi connectivity index (χ3v) is 3.04. The summed E-state index contributed by atoms with van der Waals surface area (Å²) in [6.45, 7) is 0. The second-order valence-electron chi connectivity index (χ2n) is 2.61. The summed E-state index contributed by atoms with van der Waals surface area (Å²) in [6, 6.07) is 3.53. The average Bonchev–Trinajstić information content (AvgIpc) is 2.15. The first kappa shape index (κ1) is 11.8. The van der Waals surface area contributed by atoms with E-state index in [9.17, 15) is 13.2 Å². The number of ether oxygens (including phenoxy) is 1. The molecule has 0 aliphatic rings. The quantitative estimate of drug-likeness (QED) is 0.819. The number of carboxylic acid groups (broad SMARTS) is 1. The molecule has 0 aliphatic heterocycles. The summed E-state index contributed by atoms with van der Waals surface area (Å²) in [5, 5.41) is 8.73. The van der Waals surface area contributed by atoms with Crippen LogP contribution in [0.15, 0.2) is 23.1 Å². The Balaban J connectivity index is 3.50. The Morgan fingerprint density at radius 2 is 2.07 bits per heavy atom. The van der Waals surface area contributed by atoms with Crippen molar-refractivity contribution in [3.8, 4) is 5.75 Å². The molecule has 0 saturated heterocycles. The number of aromatic carboxylic acids is 1. The number of benzene rings is 1. The molecule has 0 atom stereocenters. The predicted molar refractivity (Wildman–Crippen MR) is 53.0 cm³/mol. The lowest BCUT2D eigenvalue weighted by Gasteiger charge is -2.05. The van der Waals surface area contributed by atoms with Crippen LogP contribution in [0.3, 0.4) is 0 Å². The molecule has 0 heterocycles. The van der Waals surface area contributed by atoms with Gasteiger partial charge in [-0.15, -0.1) is 0 Å². The Morgan fingerprint density at radius 1 is 1.47 bits per heavy atom. The second-order valence-corrected chi connectivity index (χ2v) is 5.14. The van der Waals surface area contributed by atoms with Crippen LogP contribution in [-0.2, 0) is 9.05 Å². The fourth-order valence-corrected chi connectivity index (χ4v) is 2.07. The lowest BCUT2D eigenvalue weighted by atomic mass is 10.2.